The number of nitrogen functional groups attached to an aromatic ring is 1. The lowest BCUT2D eigenvalue weighted by Gasteiger charge is -2.35. The molecule has 3 aromatic carbocycles. The number of rotatable bonds is 9. The molecule has 18 nitrogen and oxygen atoms in total. The normalized spacial score (nSPS) is 14.0. The van der Waals surface area contributed by atoms with Gasteiger partial charge in [0.1, 0.15) is 10.9 Å². The van der Waals surface area contributed by atoms with Crippen LogP contribution in [0, 0.1) is 11.5 Å². The lowest BCUT2D eigenvalue weighted by atomic mass is 10.2. The Labute approximate surface area is 352 Å². The van der Waals surface area contributed by atoms with Crippen LogP contribution in [0.25, 0.3) is 5.69 Å². The topological polar surface area (TPSA) is 205 Å². The molecule has 2 amide bonds. The number of ether oxygens (including phenoxy) is 3. The molecule has 2 aliphatic heterocycles. The van der Waals surface area contributed by atoms with Crippen LogP contribution >= 0.6 is 11.6 Å². The summed E-state index contributed by atoms with van der Waals surface area (Å²) in [4.78, 5) is 44.1. The SMILES string of the molecule is CCOC(=O)N1CCN(c2ccc(N=C(NC#N)Oc3ccccc3)cc2)CC1.CCOC(=O)N1CCN(c2ccc(Nc3nc(N)n(-c4ccnc(Cl)c4)n3)cc2)CC1. The Hall–Kier alpha value is -7.26. The third kappa shape index (κ3) is 11.7. The van der Waals surface area contributed by atoms with Crippen LogP contribution in [0.1, 0.15) is 13.8 Å². The molecule has 2 aliphatic rings. The van der Waals surface area contributed by atoms with Crippen LogP contribution in [0.2, 0.25) is 5.15 Å². The van der Waals surface area contributed by atoms with Gasteiger partial charge in [-0.3, -0.25) is 0 Å². The zero-order valence-electron chi connectivity index (χ0n) is 33.3. The lowest BCUT2D eigenvalue weighted by Crippen LogP contribution is -2.49. The van der Waals surface area contributed by atoms with Gasteiger partial charge in [0.05, 0.1) is 24.6 Å². The predicted molar refractivity (Wildman–Crippen MR) is 229 cm³/mol. The van der Waals surface area contributed by atoms with E-state index in [2.05, 4.69) is 40.5 Å². The summed E-state index contributed by atoms with van der Waals surface area (Å²) in [5.74, 6) is 1.20. The summed E-state index contributed by atoms with van der Waals surface area (Å²) in [7, 11) is 0. The largest absolute Gasteiger partial charge is 0.450 e. The molecule has 4 N–H and O–H groups in total. The molecule has 0 aliphatic carbocycles. The standard InChI is InChI=1S/C21H23N5O3.C20H23ClN8O2/c1-2-28-21(27)26-14-12-25(13-15-26)18-10-8-17(9-11-18)24-20(23-16-22)29-19-6-4-3-5-7-19;1-2-31-20(30)28-11-9-27(10-12-28)15-5-3-14(4-6-15)24-19-25-18(22)29(26-19)16-7-8-23-17(21)13-16/h3-11H,2,12-15H2,1H3,(H,23,24);3-8,13H,2,9-12H2,1H3,(H3,22,24,25,26). The number of pyridine rings is 1. The summed E-state index contributed by atoms with van der Waals surface area (Å²) in [5, 5.41) is 19.3. The number of aromatic nitrogens is 4. The zero-order chi connectivity index (χ0) is 42.3. The number of hydrogen-bond acceptors (Lipinski definition) is 14. The highest BCUT2D eigenvalue weighted by atomic mass is 35.5. The van der Waals surface area contributed by atoms with Crippen LogP contribution in [-0.4, -0.2) is 113 Å². The molecular formula is C41H46ClN13O5. The van der Waals surface area contributed by atoms with Gasteiger partial charge in [-0.2, -0.15) is 19.9 Å². The van der Waals surface area contributed by atoms with Crippen LogP contribution in [-0.2, 0) is 9.47 Å². The Kier molecular flexibility index (Phi) is 14.8. The van der Waals surface area contributed by atoms with E-state index >= 15 is 0 Å². The van der Waals surface area contributed by atoms with Crippen LogP contribution in [0.4, 0.5) is 44.2 Å². The minimum atomic E-state index is -0.257. The van der Waals surface area contributed by atoms with E-state index in [0.717, 1.165) is 43.2 Å². The Morgan fingerprint density at radius 3 is 1.90 bits per heavy atom. The summed E-state index contributed by atoms with van der Waals surface area (Å²) in [6.45, 7) is 9.90. The van der Waals surface area contributed by atoms with Crippen molar-refractivity contribution in [1.82, 2.24) is 34.9 Å². The number of carbonyl (C=O) groups is 2. The van der Waals surface area contributed by atoms with Gasteiger partial charge in [-0.05, 0) is 80.6 Å². The average Bonchev–Trinajstić information content (AvgIpc) is 3.64. The summed E-state index contributed by atoms with van der Waals surface area (Å²) < 4.78 is 17.2. The average molecular weight is 836 g/mol. The third-order valence-electron chi connectivity index (χ3n) is 9.25. The molecule has 0 atom stereocenters. The van der Waals surface area contributed by atoms with E-state index in [0.29, 0.717) is 67.6 Å². The number of halogens is 1. The maximum Gasteiger partial charge on any atom is 0.409 e. The first-order valence-electron chi connectivity index (χ1n) is 19.3. The van der Waals surface area contributed by atoms with Gasteiger partial charge < -0.3 is 44.9 Å². The summed E-state index contributed by atoms with van der Waals surface area (Å²) in [5.41, 5.74) is 10.3. The second-order valence-electron chi connectivity index (χ2n) is 13.1. The molecule has 2 fully saturated rings. The Balaban J connectivity index is 0.000000202. The second-order valence-corrected chi connectivity index (χ2v) is 13.5. The van der Waals surface area contributed by atoms with Gasteiger partial charge in [-0.25, -0.2) is 19.9 Å². The second kappa shape index (κ2) is 20.9. The smallest absolute Gasteiger partial charge is 0.409 e. The predicted octanol–water partition coefficient (Wildman–Crippen LogP) is 6.02. The molecule has 4 heterocycles. The van der Waals surface area contributed by atoms with E-state index in [-0.39, 0.29) is 24.2 Å². The van der Waals surface area contributed by atoms with Crippen molar-refractivity contribution >= 4 is 64.5 Å². The highest BCUT2D eigenvalue weighted by molar-refractivity contribution is 6.29. The van der Waals surface area contributed by atoms with Crippen molar-refractivity contribution in [2.45, 2.75) is 13.8 Å². The van der Waals surface area contributed by atoms with Gasteiger partial charge in [0.15, 0.2) is 6.19 Å². The molecule has 0 unspecified atom stereocenters. The van der Waals surface area contributed by atoms with Gasteiger partial charge in [0.25, 0.3) is 0 Å². The number of amidine groups is 1. The van der Waals surface area contributed by atoms with Gasteiger partial charge >= 0.3 is 18.2 Å². The van der Waals surface area contributed by atoms with Crippen molar-refractivity contribution in [1.29, 1.82) is 5.26 Å². The molecule has 7 rings (SSSR count). The number of aliphatic imine (C=N–C) groups is 1. The van der Waals surface area contributed by atoms with Crippen molar-refractivity contribution in [3.63, 3.8) is 0 Å². The van der Waals surface area contributed by atoms with Crippen molar-refractivity contribution in [3.05, 3.63) is 102 Å². The van der Waals surface area contributed by atoms with Gasteiger partial charge in [-0.15, -0.1) is 5.10 Å². The molecule has 312 valence electrons. The number of nitrogens with one attached hydrogen (secondary N) is 2. The van der Waals surface area contributed by atoms with E-state index in [9.17, 15) is 9.59 Å². The molecule has 19 heteroatoms. The summed E-state index contributed by atoms with van der Waals surface area (Å²) in [6.07, 6.45) is 2.91. The van der Waals surface area contributed by atoms with E-state index < -0.39 is 0 Å². The van der Waals surface area contributed by atoms with E-state index in [1.54, 1.807) is 47.2 Å². The van der Waals surface area contributed by atoms with Crippen LogP contribution in [0.3, 0.4) is 0 Å². The van der Waals surface area contributed by atoms with Crippen LogP contribution in [0.15, 0.2) is 102 Å². The number of carbonyl (C=O) groups excluding carboxylic acids is 2. The minimum absolute atomic E-state index is 0.106. The molecule has 0 spiro atoms. The fraction of sp³-hybridized carbons (Fsp3) is 0.293. The first-order chi connectivity index (χ1) is 29.2. The van der Waals surface area contributed by atoms with Gasteiger partial charge in [-0.1, -0.05) is 29.8 Å². The monoisotopic (exact) mass is 835 g/mol. The van der Waals surface area contributed by atoms with Crippen molar-refractivity contribution in [2.75, 3.05) is 86.4 Å². The van der Waals surface area contributed by atoms with Crippen LogP contribution < -0.4 is 30.9 Å². The summed E-state index contributed by atoms with van der Waals surface area (Å²) in [6, 6.07) is 28.2. The molecule has 60 heavy (non-hydrogen) atoms. The van der Waals surface area contributed by atoms with Crippen molar-refractivity contribution < 1.29 is 23.8 Å². The van der Waals surface area contributed by atoms with E-state index in [1.165, 1.54) is 4.68 Å². The lowest BCUT2D eigenvalue weighted by molar-refractivity contribution is 0.104. The number of nitrogens with zero attached hydrogens (tertiary/aromatic N) is 10. The fourth-order valence-electron chi connectivity index (χ4n) is 6.28. The number of nitrogens with two attached hydrogens (primary N) is 1. The Morgan fingerprint density at radius 1 is 0.800 bits per heavy atom. The quantitative estimate of drug-likeness (QED) is 0.0511. The number of para-hydroxylation sites is 1. The fourth-order valence-corrected chi connectivity index (χ4v) is 6.45. The highest BCUT2D eigenvalue weighted by Gasteiger charge is 2.23. The Morgan fingerprint density at radius 2 is 1.37 bits per heavy atom. The summed E-state index contributed by atoms with van der Waals surface area (Å²) >= 11 is 5.94. The maximum absolute atomic E-state index is 11.8. The Bertz CT molecular complexity index is 2240. The van der Waals surface area contributed by atoms with Crippen molar-refractivity contribution in [2.24, 2.45) is 4.99 Å². The number of benzene rings is 3. The molecule has 0 radical (unpaired) electrons. The minimum Gasteiger partial charge on any atom is -0.450 e. The molecule has 2 saturated heterocycles. The van der Waals surface area contributed by atoms with E-state index in [1.807, 2.05) is 79.8 Å². The number of hydrogen-bond donors (Lipinski definition) is 3. The molecule has 0 bridgehead atoms. The molecule has 5 aromatic rings. The first kappa shape index (κ1) is 42.3. The highest BCUT2D eigenvalue weighted by Crippen LogP contribution is 2.24. The number of amides is 2. The van der Waals surface area contributed by atoms with E-state index in [4.69, 9.17) is 36.8 Å². The molecular weight excluding hydrogens is 790 g/mol. The maximum atomic E-state index is 11.8. The number of piperazine rings is 2. The van der Waals surface area contributed by atoms with Crippen LogP contribution in [0.5, 0.6) is 5.75 Å². The first-order valence-corrected chi connectivity index (χ1v) is 19.7. The molecule has 2 aromatic heterocycles. The molecule has 0 saturated carbocycles. The zero-order valence-corrected chi connectivity index (χ0v) is 34.0. The number of anilines is 5. The van der Waals surface area contributed by atoms with Gasteiger partial charge in [0.2, 0.25) is 11.9 Å². The van der Waals surface area contributed by atoms with Crippen molar-refractivity contribution in [3.8, 4) is 17.6 Å². The van der Waals surface area contributed by atoms with Gasteiger partial charge in [0, 0.05) is 81.7 Å². The number of nitriles is 1. The third-order valence-corrected chi connectivity index (χ3v) is 9.46.